The third-order valence-corrected chi connectivity index (χ3v) is 5.57. The van der Waals surface area contributed by atoms with Gasteiger partial charge in [0, 0.05) is 11.1 Å². The lowest BCUT2D eigenvalue weighted by Gasteiger charge is -2.26. The van der Waals surface area contributed by atoms with Gasteiger partial charge < -0.3 is 10.2 Å². The molecule has 0 spiro atoms. The molecule has 2 nitrogen and oxygen atoms in total. The fourth-order valence-electron chi connectivity index (χ4n) is 4.41. The molecule has 2 aromatic carbocycles. The second kappa shape index (κ2) is 5.59. The molecule has 0 atom stereocenters. The first-order chi connectivity index (χ1) is 11.2. The highest BCUT2D eigenvalue weighted by atomic mass is 16.3. The third kappa shape index (κ3) is 2.32. The van der Waals surface area contributed by atoms with Crippen LogP contribution in [0.1, 0.15) is 53.5 Å². The highest BCUT2D eigenvalue weighted by molar-refractivity contribution is 5.84. The SMILES string of the molecule is Cc1cc2c(c(-c3c(O)ccc4c3CCCC4)c1O)CCCC2. The molecule has 23 heavy (non-hydrogen) atoms. The van der Waals surface area contributed by atoms with E-state index in [0.29, 0.717) is 11.5 Å². The molecular weight excluding hydrogens is 284 g/mol. The summed E-state index contributed by atoms with van der Waals surface area (Å²) in [6, 6.07) is 6.02. The van der Waals surface area contributed by atoms with Gasteiger partial charge in [0.15, 0.2) is 0 Å². The molecule has 2 N–H and O–H groups in total. The van der Waals surface area contributed by atoms with Gasteiger partial charge in [0.2, 0.25) is 0 Å². The van der Waals surface area contributed by atoms with E-state index in [9.17, 15) is 10.2 Å². The quantitative estimate of drug-likeness (QED) is 0.792. The van der Waals surface area contributed by atoms with Crippen LogP contribution < -0.4 is 0 Å². The standard InChI is InChI=1S/C21H24O2/c1-13-12-15-7-3-5-9-17(15)20(21(13)23)19-16-8-4-2-6-14(16)10-11-18(19)22/h10-12,22-23H,2-9H2,1H3. The Bertz CT molecular complexity index is 774. The molecule has 2 aliphatic rings. The second-order valence-electron chi connectivity index (χ2n) is 7.07. The van der Waals surface area contributed by atoms with Gasteiger partial charge in [-0.05, 0) is 92.2 Å². The lowest BCUT2D eigenvalue weighted by atomic mass is 9.79. The number of aryl methyl sites for hydroxylation is 3. The Hall–Kier alpha value is -1.96. The maximum atomic E-state index is 10.8. The van der Waals surface area contributed by atoms with Crippen LogP contribution in [0.4, 0.5) is 0 Å². The number of hydrogen-bond acceptors (Lipinski definition) is 2. The highest BCUT2D eigenvalue weighted by Gasteiger charge is 2.25. The monoisotopic (exact) mass is 308 g/mol. The lowest BCUT2D eigenvalue weighted by molar-refractivity contribution is 0.464. The third-order valence-electron chi connectivity index (χ3n) is 5.57. The van der Waals surface area contributed by atoms with Crippen molar-refractivity contribution in [2.45, 2.75) is 58.3 Å². The van der Waals surface area contributed by atoms with Crippen molar-refractivity contribution in [2.75, 3.05) is 0 Å². The summed E-state index contributed by atoms with van der Waals surface area (Å²) in [5.41, 5.74) is 7.95. The lowest BCUT2D eigenvalue weighted by Crippen LogP contribution is -2.09. The molecule has 0 bridgehead atoms. The number of aromatic hydroxyl groups is 2. The summed E-state index contributed by atoms with van der Waals surface area (Å²) < 4.78 is 0. The summed E-state index contributed by atoms with van der Waals surface area (Å²) in [4.78, 5) is 0. The van der Waals surface area contributed by atoms with Crippen molar-refractivity contribution >= 4 is 0 Å². The van der Waals surface area contributed by atoms with Crippen LogP contribution in [0.5, 0.6) is 11.5 Å². The van der Waals surface area contributed by atoms with Crippen molar-refractivity contribution in [3.63, 3.8) is 0 Å². The summed E-state index contributed by atoms with van der Waals surface area (Å²) in [6.07, 6.45) is 8.93. The van der Waals surface area contributed by atoms with Crippen molar-refractivity contribution in [1.82, 2.24) is 0 Å². The summed E-state index contributed by atoms with van der Waals surface area (Å²) in [5, 5.41) is 21.4. The zero-order valence-electron chi connectivity index (χ0n) is 13.8. The molecule has 2 aromatic rings. The molecule has 4 rings (SSSR count). The van der Waals surface area contributed by atoms with Gasteiger partial charge in [-0.15, -0.1) is 0 Å². The summed E-state index contributed by atoms with van der Waals surface area (Å²) >= 11 is 0. The number of phenols is 2. The minimum absolute atomic E-state index is 0.319. The maximum absolute atomic E-state index is 10.8. The number of benzene rings is 2. The zero-order valence-corrected chi connectivity index (χ0v) is 13.8. The van der Waals surface area contributed by atoms with E-state index in [-0.39, 0.29) is 0 Å². The number of hydrogen-bond donors (Lipinski definition) is 2. The average molecular weight is 308 g/mol. The van der Waals surface area contributed by atoms with E-state index in [1.807, 2.05) is 13.0 Å². The first kappa shape index (κ1) is 14.6. The molecule has 0 aliphatic heterocycles. The Morgan fingerprint density at radius 3 is 2.09 bits per heavy atom. The van der Waals surface area contributed by atoms with Crippen molar-refractivity contribution in [3.05, 3.63) is 46.0 Å². The van der Waals surface area contributed by atoms with Crippen molar-refractivity contribution in [3.8, 4) is 22.6 Å². The van der Waals surface area contributed by atoms with Crippen LogP contribution in [0.3, 0.4) is 0 Å². The normalized spacial score (nSPS) is 16.7. The van der Waals surface area contributed by atoms with Gasteiger partial charge in [0.05, 0.1) is 0 Å². The highest BCUT2D eigenvalue weighted by Crippen LogP contribution is 2.47. The first-order valence-corrected chi connectivity index (χ1v) is 8.85. The smallest absolute Gasteiger partial charge is 0.126 e. The zero-order chi connectivity index (χ0) is 16.0. The maximum Gasteiger partial charge on any atom is 0.126 e. The van der Waals surface area contributed by atoms with Gasteiger partial charge in [-0.3, -0.25) is 0 Å². The van der Waals surface area contributed by atoms with E-state index < -0.39 is 0 Å². The number of phenolic OH excluding ortho intramolecular Hbond substituents is 2. The van der Waals surface area contributed by atoms with Gasteiger partial charge in [0.25, 0.3) is 0 Å². The summed E-state index contributed by atoms with van der Waals surface area (Å²) in [5.74, 6) is 0.680. The van der Waals surface area contributed by atoms with Gasteiger partial charge in [-0.1, -0.05) is 12.1 Å². The second-order valence-corrected chi connectivity index (χ2v) is 7.07. The molecule has 0 aromatic heterocycles. The minimum atomic E-state index is 0.319. The minimum Gasteiger partial charge on any atom is -0.507 e. The van der Waals surface area contributed by atoms with Crippen LogP contribution >= 0.6 is 0 Å². The number of rotatable bonds is 1. The fourth-order valence-corrected chi connectivity index (χ4v) is 4.41. The Morgan fingerprint density at radius 1 is 0.739 bits per heavy atom. The van der Waals surface area contributed by atoms with Gasteiger partial charge in [-0.2, -0.15) is 0 Å². The molecule has 2 heteroatoms. The molecular formula is C21H24O2. The Balaban J connectivity index is 2.04. The molecule has 120 valence electrons. The van der Waals surface area contributed by atoms with Crippen LogP contribution in [0, 0.1) is 6.92 Å². The molecule has 0 unspecified atom stereocenters. The van der Waals surface area contributed by atoms with E-state index in [1.165, 1.54) is 35.1 Å². The molecule has 0 fully saturated rings. The first-order valence-electron chi connectivity index (χ1n) is 8.85. The summed E-state index contributed by atoms with van der Waals surface area (Å²) in [7, 11) is 0. The molecule has 0 heterocycles. The van der Waals surface area contributed by atoms with Crippen LogP contribution in [-0.4, -0.2) is 10.2 Å². The largest absolute Gasteiger partial charge is 0.507 e. The van der Waals surface area contributed by atoms with Crippen molar-refractivity contribution in [1.29, 1.82) is 0 Å². The Kier molecular flexibility index (Phi) is 3.56. The van der Waals surface area contributed by atoms with Crippen LogP contribution in [0.25, 0.3) is 11.1 Å². The van der Waals surface area contributed by atoms with E-state index in [0.717, 1.165) is 55.2 Å². The molecule has 0 radical (unpaired) electrons. The van der Waals surface area contributed by atoms with E-state index in [2.05, 4.69) is 12.1 Å². The van der Waals surface area contributed by atoms with E-state index >= 15 is 0 Å². The van der Waals surface area contributed by atoms with Crippen LogP contribution in [-0.2, 0) is 25.7 Å². The number of fused-ring (bicyclic) bond motifs is 2. The van der Waals surface area contributed by atoms with Crippen molar-refractivity contribution < 1.29 is 10.2 Å². The molecule has 2 aliphatic carbocycles. The topological polar surface area (TPSA) is 40.5 Å². The predicted octanol–water partition coefficient (Wildman–Crippen LogP) is 4.83. The molecule has 0 amide bonds. The average Bonchev–Trinajstić information content (AvgIpc) is 2.57. The molecule has 0 saturated heterocycles. The van der Waals surface area contributed by atoms with Gasteiger partial charge in [-0.25, -0.2) is 0 Å². The van der Waals surface area contributed by atoms with Gasteiger partial charge in [0.1, 0.15) is 11.5 Å². The van der Waals surface area contributed by atoms with Crippen LogP contribution in [0.15, 0.2) is 18.2 Å². The van der Waals surface area contributed by atoms with Crippen LogP contribution in [0.2, 0.25) is 0 Å². The fraction of sp³-hybridized carbons (Fsp3) is 0.429. The van der Waals surface area contributed by atoms with Crippen molar-refractivity contribution in [2.24, 2.45) is 0 Å². The van der Waals surface area contributed by atoms with E-state index in [4.69, 9.17) is 0 Å². The Labute approximate surface area is 137 Å². The van der Waals surface area contributed by atoms with E-state index in [1.54, 1.807) is 0 Å². The molecule has 0 saturated carbocycles. The predicted molar refractivity (Wildman–Crippen MR) is 93.2 cm³/mol. The van der Waals surface area contributed by atoms with Gasteiger partial charge >= 0.3 is 0 Å². The summed E-state index contributed by atoms with van der Waals surface area (Å²) in [6.45, 7) is 1.97. The Morgan fingerprint density at radius 2 is 1.35 bits per heavy atom.